The van der Waals surface area contributed by atoms with Crippen molar-refractivity contribution in [2.24, 2.45) is 5.92 Å². The van der Waals surface area contributed by atoms with Crippen LogP contribution in [0.4, 0.5) is 11.8 Å². The molecule has 2 aromatic heterocycles. The number of aromatic nitrogens is 3. The Hall–Kier alpha value is -1.58. The van der Waals surface area contributed by atoms with E-state index in [0.717, 1.165) is 40.8 Å². The molecule has 2 N–H and O–H groups in total. The fourth-order valence-electron chi connectivity index (χ4n) is 1.71. The Morgan fingerprint density at radius 2 is 2.29 bits per heavy atom. The number of carbonyl (C=O) groups excluding carboxylic acids is 1. The van der Waals surface area contributed by atoms with Gasteiger partial charge in [-0.25, -0.2) is 0 Å². The Morgan fingerprint density at radius 1 is 1.47 bits per heavy atom. The van der Waals surface area contributed by atoms with E-state index in [4.69, 9.17) is 0 Å². The largest absolute Gasteiger partial charge is 0.466 e. The molecule has 0 saturated heterocycles. The summed E-state index contributed by atoms with van der Waals surface area (Å²) in [6.07, 6.45) is 1.96. The number of carbonyl (C=O) groups is 1. The molecule has 0 aliphatic heterocycles. The minimum absolute atomic E-state index is 0.0290. The van der Waals surface area contributed by atoms with E-state index in [1.54, 1.807) is 4.52 Å². The summed E-state index contributed by atoms with van der Waals surface area (Å²) < 4.78 is 4.86. The Balaban J connectivity index is 1.92. The lowest BCUT2D eigenvalue weighted by atomic mass is 10.4. The second-order valence-electron chi connectivity index (χ2n) is 4.13. The smallest absolute Gasteiger partial charge is 0.362 e. The lowest BCUT2D eigenvalue weighted by molar-refractivity contribution is -0.117. The fourth-order valence-corrected chi connectivity index (χ4v) is 2.08. The van der Waals surface area contributed by atoms with E-state index in [1.165, 1.54) is 0 Å². The summed E-state index contributed by atoms with van der Waals surface area (Å²) in [4.78, 5) is 15.9. The maximum absolute atomic E-state index is 11.6. The Bertz CT molecular complexity index is 577. The van der Waals surface area contributed by atoms with Crippen LogP contribution in [0.25, 0.3) is 5.65 Å². The van der Waals surface area contributed by atoms with Crippen LogP contribution in [0.3, 0.4) is 0 Å². The third-order valence-electron chi connectivity index (χ3n) is 2.80. The predicted octanol–water partition coefficient (Wildman–Crippen LogP) is 0.0378. The van der Waals surface area contributed by atoms with Crippen LogP contribution in [-0.2, 0) is 4.79 Å². The Kier molecular flexibility index (Phi) is 2.50. The van der Waals surface area contributed by atoms with E-state index < -0.39 is 0 Å². The van der Waals surface area contributed by atoms with E-state index in [9.17, 15) is 4.79 Å². The normalized spacial score (nSPS) is 14.8. The Morgan fingerprint density at radius 3 is 3.00 bits per heavy atom. The highest BCUT2D eigenvalue weighted by molar-refractivity contribution is 6.15. The van der Waals surface area contributed by atoms with Gasteiger partial charge in [0.05, 0.1) is 0 Å². The van der Waals surface area contributed by atoms with Crippen molar-refractivity contribution in [3.05, 3.63) is 18.2 Å². The molecule has 1 fully saturated rings. The molecular formula is C10H12AlN5O. The highest BCUT2D eigenvalue weighted by Crippen LogP contribution is 2.29. The SMILES string of the molecule is O=C(Nc1nc2cccc([NH][AlH2])n2n1)C1CC1. The highest BCUT2D eigenvalue weighted by atomic mass is 27.1. The molecule has 1 saturated carbocycles. The van der Waals surface area contributed by atoms with Crippen LogP contribution >= 0.6 is 0 Å². The summed E-state index contributed by atoms with van der Waals surface area (Å²) in [6, 6.07) is 5.71. The molecule has 1 aliphatic carbocycles. The maximum atomic E-state index is 11.6. The van der Waals surface area contributed by atoms with Gasteiger partial charge in [-0.15, -0.1) is 5.10 Å². The summed E-state index contributed by atoms with van der Waals surface area (Å²) >= 11 is 0.835. The van der Waals surface area contributed by atoms with Crippen LogP contribution in [0.1, 0.15) is 12.8 Å². The summed E-state index contributed by atoms with van der Waals surface area (Å²) in [7, 11) is 0. The summed E-state index contributed by atoms with van der Waals surface area (Å²) in [5.74, 6) is 1.47. The van der Waals surface area contributed by atoms with E-state index >= 15 is 0 Å². The molecule has 2 heterocycles. The lowest BCUT2D eigenvalue weighted by Gasteiger charge is -2.01. The van der Waals surface area contributed by atoms with Gasteiger partial charge in [0.25, 0.3) is 0 Å². The molecule has 0 unspecified atom stereocenters. The molecule has 1 amide bonds. The molecular weight excluding hydrogens is 233 g/mol. The molecule has 2 aromatic rings. The quantitative estimate of drug-likeness (QED) is 0.749. The zero-order valence-corrected chi connectivity index (χ0v) is 11.5. The molecule has 3 rings (SSSR count). The van der Waals surface area contributed by atoms with E-state index in [-0.39, 0.29) is 11.8 Å². The monoisotopic (exact) mass is 245 g/mol. The van der Waals surface area contributed by atoms with Gasteiger partial charge in [-0.05, 0) is 25.0 Å². The average Bonchev–Trinajstić information content (AvgIpc) is 3.09. The van der Waals surface area contributed by atoms with Gasteiger partial charge in [0.1, 0.15) is 5.82 Å². The van der Waals surface area contributed by atoms with Gasteiger partial charge in [0, 0.05) is 5.92 Å². The van der Waals surface area contributed by atoms with Crippen molar-refractivity contribution in [1.82, 2.24) is 14.6 Å². The van der Waals surface area contributed by atoms with E-state index in [0.29, 0.717) is 5.95 Å². The minimum Gasteiger partial charge on any atom is -0.466 e. The summed E-state index contributed by atoms with van der Waals surface area (Å²) in [5.41, 5.74) is 0.733. The van der Waals surface area contributed by atoms with Crippen molar-refractivity contribution in [1.29, 1.82) is 0 Å². The second-order valence-corrected chi connectivity index (χ2v) is 4.63. The standard InChI is InChI=1S/C10H11N5O.Al.2H/c11-7-2-1-3-8-12-10(14-15(7)8)13-9(16)6-4-5-6;;;/h1-3,6H,4-5H2,(H3,11,12,13,14,16);;;/q;+1;;/p-1. The average molecular weight is 245 g/mol. The van der Waals surface area contributed by atoms with Crippen molar-refractivity contribution >= 4 is 39.8 Å². The van der Waals surface area contributed by atoms with Gasteiger partial charge in [0.15, 0.2) is 5.65 Å². The lowest BCUT2D eigenvalue weighted by Crippen LogP contribution is -2.14. The van der Waals surface area contributed by atoms with E-state index in [2.05, 4.69) is 19.7 Å². The highest BCUT2D eigenvalue weighted by Gasteiger charge is 2.30. The number of fused-ring (bicyclic) bond motifs is 1. The molecule has 0 spiro atoms. The molecule has 0 bridgehead atoms. The third kappa shape index (κ3) is 1.99. The fraction of sp³-hybridized carbons (Fsp3) is 0.300. The van der Waals surface area contributed by atoms with Crippen LogP contribution in [-0.4, -0.2) is 37.0 Å². The minimum atomic E-state index is 0.0290. The number of rotatable bonds is 3. The first-order chi connectivity index (χ1) is 8.28. The summed E-state index contributed by atoms with van der Waals surface area (Å²) in [6.45, 7) is 0. The van der Waals surface area contributed by atoms with Crippen LogP contribution in [0, 0.1) is 5.92 Å². The number of anilines is 2. The van der Waals surface area contributed by atoms with Crippen LogP contribution in [0.2, 0.25) is 0 Å². The molecule has 0 atom stereocenters. The molecule has 0 radical (unpaired) electrons. The molecule has 6 nitrogen and oxygen atoms in total. The number of pyridine rings is 1. The van der Waals surface area contributed by atoms with Crippen LogP contribution in [0.15, 0.2) is 18.2 Å². The van der Waals surface area contributed by atoms with Crippen molar-refractivity contribution in [3.8, 4) is 0 Å². The number of amides is 1. The van der Waals surface area contributed by atoms with Gasteiger partial charge >= 0.3 is 16.5 Å². The first-order valence-electron chi connectivity index (χ1n) is 5.62. The van der Waals surface area contributed by atoms with Crippen molar-refractivity contribution in [2.45, 2.75) is 12.8 Å². The van der Waals surface area contributed by atoms with Crippen LogP contribution in [0.5, 0.6) is 0 Å². The first-order valence-corrected chi connectivity index (χ1v) is 6.62. The van der Waals surface area contributed by atoms with Gasteiger partial charge in [-0.1, -0.05) is 6.07 Å². The van der Waals surface area contributed by atoms with Gasteiger partial charge in [-0.2, -0.15) is 9.50 Å². The Labute approximate surface area is 106 Å². The third-order valence-corrected chi connectivity index (χ3v) is 3.31. The zero-order chi connectivity index (χ0) is 11.8. The molecule has 0 aromatic carbocycles. The first kappa shape index (κ1) is 10.6. The zero-order valence-electron chi connectivity index (χ0n) is 9.47. The molecule has 1 aliphatic rings. The van der Waals surface area contributed by atoms with Gasteiger partial charge in [-0.3, -0.25) is 10.1 Å². The molecule has 17 heavy (non-hydrogen) atoms. The van der Waals surface area contributed by atoms with Crippen molar-refractivity contribution in [3.63, 3.8) is 0 Å². The molecule has 7 heteroatoms. The summed E-state index contributed by atoms with van der Waals surface area (Å²) in [5, 5.41) is 7.01. The van der Waals surface area contributed by atoms with Crippen molar-refractivity contribution in [2.75, 3.05) is 9.62 Å². The second kappa shape index (κ2) is 4.02. The van der Waals surface area contributed by atoms with Crippen molar-refractivity contribution < 1.29 is 4.79 Å². The van der Waals surface area contributed by atoms with Gasteiger partial charge in [0.2, 0.25) is 11.9 Å². The van der Waals surface area contributed by atoms with Crippen LogP contribution < -0.4 is 9.62 Å². The maximum Gasteiger partial charge on any atom is 0.362 e. The van der Waals surface area contributed by atoms with Gasteiger partial charge < -0.3 is 4.30 Å². The number of nitrogens with zero attached hydrogens (tertiary/aromatic N) is 3. The number of hydrogen-bond acceptors (Lipinski definition) is 4. The number of hydrogen-bond donors (Lipinski definition) is 2. The number of nitrogens with one attached hydrogen (secondary N) is 2. The topological polar surface area (TPSA) is 71.3 Å². The molecule has 86 valence electrons. The predicted molar refractivity (Wildman–Crippen MR) is 66.5 cm³/mol. The van der Waals surface area contributed by atoms with E-state index in [1.807, 2.05) is 18.2 Å².